The van der Waals surface area contributed by atoms with E-state index >= 15 is 0 Å². The molecule has 0 heterocycles. The molecule has 0 aliphatic heterocycles. The van der Waals surface area contributed by atoms with Crippen molar-refractivity contribution >= 4 is 35.2 Å². The molecule has 0 aromatic rings. The average Bonchev–Trinajstić information content (AvgIpc) is 2.78. The Morgan fingerprint density at radius 1 is 0.526 bits per heavy atom. The molecule has 4 aliphatic carbocycles. The fourth-order valence-electron chi connectivity index (χ4n) is 10.1. The SMILES string of the molecule is CC(S)CC1CCCC(C2CCCC(C3CCCC(C4CCCCCCC4)CCC3)CC(C)(I)C2)CCC1. The molecule has 0 bridgehead atoms. The van der Waals surface area contributed by atoms with E-state index in [1.54, 1.807) is 44.9 Å². The van der Waals surface area contributed by atoms with Crippen molar-refractivity contribution in [2.45, 2.75) is 183 Å². The van der Waals surface area contributed by atoms with Crippen LogP contribution in [0.25, 0.3) is 0 Å². The third-order valence-electron chi connectivity index (χ3n) is 12.0. The van der Waals surface area contributed by atoms with Crippen LogP contribution in [-0.4, -0.2) is 8.67 Å². The highest BCUT2D eigenvalue weighted by Crippen LogP contribution is 2.48. The van der Waals surface area contributed by atoms with Gasteiger partial charge in [-0.2, -0.15) is 12.6 Å². The van der Waals surface area contributed by atoms with Gasteiger partial charge in [-0.25, -0.2) is 0 Å². The van der Waals surface area contributed by atoms with Gasteiger partial charge in [-0.15, -0.1) is 0 Å². The molecule has 0 spiro atoms. The van der Waals surface area contributed by atoms with Crippen molar-refractivity contribution in [1.29, 1.82) is 0 Å². The molecule has 4 unspecified atom stereocenters. The largest absolute Gasteiger partial charge is 0.176 e. The zero-order chi connectivity index (χ0) is 26.8. The van der Waals surface area contributed by atoms with Gasteiger partial charge in [0.1, 0.15) is 0 Å². The first-order valence-electron chi connectivity index (χ1n) is 17.8. The van der Waals surface area contributed by atoms with Gasteiger partial charge < -0.3 is 0 Å². The molecule has 38 heavy (non-hydrogen) atoms. The number of halogens is 1. The van der Waals surface area contributed by atoms with E-state index < -0.39 is 0 Å². The van der Waals surface area contributed by atoms with Crippen LogP contribution in [0.15, 0.2) is 0 Å². The van der Waals surface area contributed by atoms with Gasteiger partial charge in [0.05, 0.1) is 0 Å². The molecule has 4 saturated carbocycles. The number of hydrogen-bond donors (Lipinski definition) is 1. The van der Waals surface area contributed by atoms with E-state index in [4.69, 9.17) is 12.6 Å². The van der Waals surface area contributed by atoms with Gasteiger partial charge in [0, 0.05) is 3.42 Å². The molecular weight excluding hydrogens is 591 g/mol. The van der Waals surface area contributed by atoms with E-state index in [0.717, 1.165) is 41.4 Å². The van der Waals surface area contributed by atoms with E-state index in [1.165, 1.54) is 116 Å². The topological polar surface area (TPSA) is 0 Å². The van der Waals surface area contributed by atoms with Crippen LogP contribution in [0, 0.1) is 41.4 Å². The summed E-state index contributed by atoms with van der Waals surface area (Å²) in [6.07, 6.45) is 37.9. The highest BCUT2D eigenvalue weighted by atomic mass is 127. The van der Waals surface area contributed by atoms with Crippen LogP contribution in [0.5, 0.6) is 0 Å². The number of rotatable bonds is 5. The summed E-state index contributed by atoms with van der Waals surface area (Å²) < 4.78 is 0.517. The van der Waals surface area contributed by atoms with Crippen molar-refractivity contribution in [2.75, 3.05) is 0 Å². The van der Waals surface area contributed by atoms with Gasteiger partial charge in [0.2, 0.25) is 0 Å². The highest BCUT2D eigenvalue weighted by molar-refractivity contribution is 14.1. The van der Waals surface area contributed by atoms with Gasteiger partial charge in [-0.05, 0) is 65.9 Å². The van der Waals surface area contributed by atoms with E-state index in [9.17, 15) is 0 Å². The van der Waals surface area contributed by atoms with E-state index in [-0.39, 0.29) is 0 Å². The van der Waals surface area contributed by atoms with E-state index in [1.807, 2.05) is 0 Å². The van der Waals surface area contributed by atoms with Crippen LogP contribution >= 0.6 is 35.2 Å². The summed E-state index contributed by atoms with van der Waals surface area (Å²) >= 11 is 7.64. The Balaban J connectivity index is 1.25. The molecule has 0 aromatic carbocycles. The second-order valence-corrected chi connectivity index (χ2v) is 18.8. The lowest BCUT2D eigenvalue weighted by molar-refractivity contribution is 0.142. The maximum atomic E-state index is 4.70. The summed E-state index contributed by atoms with van der Waals surface area (Å²) in [6.45, 7) is 4.94. The summed E-state index contributed by atoms with van der Waals surface area (Å²) in [6, 6.07) is 0. The van der Waals surface area contributed by atoms with Gasteiger partial charge in [-0.3, -0.25) is 0 Å². The highest BCUT2D eigenvalue weighted by Gasteiger charge is 2.37. The molecule has 4 aliphatic rings. The Labute approximate surface area is 258 Å². The van der Waals surface area contributed by atoms with Gasteiger partial charge >= 0.3 is 0 Å². The van der Waals surface area contributed by atoms with Crippen molar-refractivity contribution in [3.63, 3.8) is 0 Å². The molecule has 0 N–H and O–H groups in total. The lowest BCUT2D eigenvalue weighted by atomic mass is 9.67. The first-order valence-corrected chi connectivity index (χ1v) is 19.4. The monoisotopic (exact) mass is 656 g/mol. The molecule has 0 radical (unpaired) electrons. The van der Waals surface area contributed by atoms with E-state index in [0.29, 0.717) is 8.67 Å². The summed E-state index contributed by atoms with van der Waals surface area (Å²) in [5.74, 6) is 7.16. The Morgan fingerprint density at radius 2 is 0.842 bits per heavy atom. The second kappa shape index (κ2) is 16.6. The smallest absolute Gasteiger partial charge is 0.0199 e. The van der Waals surface area contributed by atoms with Crippen molar-refractivity contribution in [1.82, 2.24) is 0 Å². The van der Waals surface area contributed by atoms with Gasteiger partial charge in [-0.1, -0.05) is 178 Å². The molecule has 4 fully saturated rings. The predicted octanol–water partition coefficient (Wildman–Crippen LogP) is 12.6. The summed E-state index contributed by atoms with van der Waals surface area (Å²) in [5.41, 5.74) is 0. The molecule has 4 rings (SSSR count). The van der Waals surface area contributed by atoms with Crippen LogP contribution in [0.4, 0.5) is 0 Å². The fourth-order valence-corrected chi connectivity index (χ4v) is 11.5. The van der Waals surface area contributed by atoms with E-state index in [2.05, 4.69) is 36.4 Å². The van der Waals surface area contributed by atoms with Crippen LogP contribution < -0.4 is 0 Å². The van der Waals surface area contributed by atoms with Crippen molar-refractivity contribution in [3.8, 4) is 0 Å². The van der Waals surface area contributed by atoms with Crippen LogP contribution in [-0.2, 0) is 0 Å². The fraction of sp³-hybridized carbons (Fsp3) is 1.00. The minimum absolute atomic E-state index is 0.517. The number of thiol groups is 1. The van der Waals surface area contributed by atoms with Gasteiger partial charge in [0.25, 0.3) is 0 Å². The zero-order valence-corrected chi connectivity index (χ0v) is 28.7. The van der Waals surface area contributed by atoms with Gasteiger partial charge in [0.15, 0.2) is 0 Å². The molecule has 0 nitrogen and oxygen atoms in total. The third kappa shape index (κ3) is 10.7. The Kier molecular flexibility index (Phi) is 14.0. The molecule has 222 valence electrons. The Hall–Kier alpha value is 1.08. The van der Waals surface area contributed by atoms with Crippen LogP contribution in [0.1, 0.15) is 174 Å². The lowest BCUT2D eigenvalue weighted by Crippen LogP contribution is -2.33. The van der Waals surface area contributed by atoms with Crippen molar-refractivity contribution in [2.24, 2.45) is 41.4 Å². The van der Waals surface area contributed by atoms with Crippen molar-refractivity contribution < 1.29 is 0 Å². The average molecular weight is 657 g/mol. The minimum Gasteiger partial charge on any atom is -0.176 e. The van der Waals surface area contributed by atoms with Crippen molar-refractivity contribution in [3.05, 3.63) is 0 Å². The lowest BCUT2D eigenvalue weighted by Gasteiger charge is -2.42. The standard InChI is InChI=1S/C36H65IS/c1-28(38)25-29-13-8-17-32(18-9-14-29)34-23-12-24-35(27-36(2,37)26-34)33-21-10-19-31(20-11-22-33)30-15-6-4-3-5-7-16-30/h28-35,38H,3-27H2,1-2H3. The summed E-state index contributed by atoms with van der Waals surface area (Å²) in [4.78, 5) is 0. The predicted molar refractivity (Wildman–Crippen MR) is 181 cm³/mol. The maximum Gasteiger partial charge on any atom is 0.0199 e. The first kappa shape index (κ1) is 32.0. The molecule has 0 saturated heterocycles. The van der Waals surface area contributed by atoms with Crippen LogP contribution in [0.2, 0.25) is 0 Å². The summed E-state index contributed by atoms with van der Waals surface area (Å²) in [5, 5.41) is 0.582. The molecule has 0 amide bonds. The zero-order valence-electron chi connectivity index (χ0n) is 25.6. The second-order valence-electron chi connectivity index (χ2n) is 15.3. The third-order valence-corrected chi connectivity index (χ3v) is 13.1. The quantitative estimate of drug-likeness (QED) is 0.170. The normalized spacial score (nSPS) is 40.7. The number of alkyl halides is 1. The minimum atomic E-state index is 0.517. The number of hydrogen-bond acceptors (Lipinski definition) is 1. The molecule has 2 heteroatoms. The van der Waals surface area contributed by atoms with Crippen LogP contribution in [0.3, 0.4) is 0 Å². The molecule has 4 atom stereocenters. The Morgan fingerprint density at radius 3 is 1.26 bits per heavy atom. The molecule has 0 aromatic heterocycles. The molecular formula is C36H65IS. The Bertz CT molecular complexity index is 615. The summed E-state index contributed by atoms with van der Waals surface area (Å²) in [7, 11) is 0. The first-order chi connectivity index (χ1) is 18.4. The maximum absolute atomic E-state index is 4.70.